The van der Waals surface area contributed by atoms with Crippen molar-refractivity contribution in [3.05, 3.63) is 79.3 Å². The van der Waals surface area contributed by atoms with E-state index in [1.807, 2.05) is 0 Å². The van der Waals surface area contributed by atoms with E-state index >= 15 is 0 Å². The Bertz CT molecular complexity index is 1070. The lowest BCUT2D eigenvalue weighted by Gasteiger charge is -2.28. The molecule has 1 heterocycles. The number of nitrogens with one attached hydrogen (secondary N) is 2. The van der Waals surface area contributed by atoms with Gasteiger partial charge in [-0.2, -0.15) is 13.2 Å². The van der Waals surface area contributed by atoms with E-state index in [9.17, 15) is 28.1 Å². The molecular formula is C19H14Cl2F3N3O4. The van der Waals surface area contributed by atoms with Crippen LogP contribution in [0.15, 0.2) is 42.5 Å². The van der Waals surface area contributed by atoms with Crippen molar-refractivity contribution in [3.63, 3.8) is 0 Å². The van der Waals surface area contributed by atoms with Gasteiger partial charge in [0.05, 0.1) is 10.6 Å². The second-order valence-electron chi connectivity index (χ2n) is 6.66. The van der Waals surface area contributed by atoms with E-state index < -0.39 is 16.7 Å². The number of nitro groups is 1. The number of nitrogens with zero attached hydrogens (tertiary/aromatic N) is 1. The minimum atomic E-state index is -4.91. The fourth-order valence-electron chi connectivity index (χ4n) is 3.02. The summed E-state index contributed by atoms with van der Waals surface area (Å²) in [6.07, 6.45) is -4.14. The Hall–Kier alpha value is -2.82. The smallest absolute Gasteiger partial charge is 0.352 e. The number of carbonyl (C=O) groups is 1. The molecule has 7 nitrogen and oxygen atoms in total. The highest BCUT2D eigenvalue weighted by atomic mass is 35.5. The summed E-state index contributed by atoms with van der Waals surface area (Å²) in [6, 6.07) is 7.24. The molecule has 164 valence electrons. The number of rotatable bonds is 5. The van der Waals surface area contributed by atoms with Crippen molar-refractivity contribution in [2.75, 3.05) is 0 Å². The summed E-state index contributed by atoms with van der Waals surface area (Å²) in [4.78, 5) is 26.8. The van der Waals surface area contributed by atoms with Gasteiger partial charge in [0.15, 0.2) is 0 Å². The van der Waals surface area contributed by atoms with Gasteiger partial charge >= 0.3 is 6.18 Å². The van der Waals surface area contributed by atoms with Crippen LogP contribution in [-0.2, 0) is 21.8 Å². The van der Waals surface area contributed by atoms with E-state index in [1.165, 1.54) is 25.1 Å². The zero-order valence-electron chi connectivity index (χ0n) is 15.7. The van der Waals surface area contributed by atoms with Crippen LogP contribution < -0.4 is 10.8 Å². The van der Waals surface area contributed by atoms with Gasteiger partial charge in [0.25, 0.3) is 5.69 Å². The van der Waals surface area contributed by atoms with Crippen LogP contribution in [0.3, 0.4) is 0 Å². The summed E-state index contributed by atoms with van der Waals surface area (Å²) in [7, 11) is 0. The van der Waals surface area contributed by atoms with E-state index in [-0.39, 0.29) is 50.6 Å². The van der Waals surface area contributed by atoms with E-state index in [0.717, 1.165) is 24.3 Å². The zero-order valence-corrected chi connectivity index (χ0v) is 17.2. The van der Waals surface area contributed by atoms with Crippen molar-refractivity contribution in [3.8, 4) is 0 Å². The number of nitro benzene ring substituents is 1. The van der Waals surface area contributed by atoms with Crippen LogP contribution in [0.1, 0.15) is 23.6 Å². The molecule has 2 N–H and O–H groups in total. The molecule has 1 aliphatic rings. The van der Waals surface area contributed by atoms with Crippen molar-refractivity contribution < 1.29 is 27.7 Å². The highest BCUT2D eigenvalue weighted by Crippen LogP contribution is 2.48. The Morgan fingerprint density at radius 3 is 2.42 bits per heavy atom. The number of benzene rings is 2. The van der Waals surface area contributed by atoms with E-state index in [0.29, 0.717) is 0 Å². The number of alkyl halides is 3. The summed E-state index contributed by atoms with van der Waals surface area (Å²) in [6.45, 7) is 1.14. The predicted molar refractivity (Wildman–Crippen MR) is 107 cm³/mol. The molecule has 1 amide bonds. The number of hydroxylamine groups is 1. The van der Waals surface area contributed by atoms with Crippen molar-refractivity contribution in [2.45, 2.75) is 25.2 Å². The van der Waals surface area contributed by atoms with Gasteiger partial charge < -0.3 is 5.32 Å². The fraction of sp³-hybridized carbons (Fsp3) is 0.211. The molecule has 1 unspecified atom stereocenters. The number of carbonyl (C=O) groups excluding carboxylic acids is 1. The van der Waals surface area contributed by atoms with Gasteiger partial charge in [0.2, 0.25) is 11.5 Å². The van der Waals surface area contributed by atoms with Gasteiger partial charge in [-0.25, -0.2) is 0 Å². The number of hydrogen-bond acceptors (Lipinski definition) is 5. The Morgan fingerprint density at radius 1 is 1.23 bits per heavy atom. The first kappa shape index (κ1) is 22.9. The predicted octanol–water partition coefficient (Wildman–Crippen LogP) is 4.87. The third-order valence-corrected chi connectivity index (χ3v) is 4.94. The normalized spacial score (nSPS) is 18.3. The molecule has 1 atom stereocenters. The van der Waals surface area contributed by atoms with Crippen molar-refractivity contribution in [1.29, 1.82) is 0 Å². The van der Waals surface area contributed by atoms with Crippen LogP contribution in [0.5, 0.6) is 0 Å². The molecule has 2 aromatic rings. The summed E-state index contributed by atoms with van der Waals surface area (Å²) in [5, 5.41) is 13.8. The molecule has 0 aliphatic carbocycles. The Kier molecular flexibility index (Phi) is 6.17. The first-order valence-electron chi connectivity index (χ1n) is 8.65. The minimum absolute atomic E-state index is 0.0189. The maximum Gasteiger partial charge on any atom is 0.428 e. The summed E-state index contributed by atoms with van der Waals surface area (Å²) in [5.74, 6) is -0.387. The lowest BCUT2D eigenvalue weighted by Crippen LogP contribution is -2.42. The third-order valence-electron chi connectivity index (χ3n) is 4.50. The zero-order chi connectivity index (χ0) is 23.0. The van der Waals surface area contributed by atoms with Gasteiger partial charge in [-0.15, -0.1) is 0 Å². The first-order chi connectivity index (χ1) is 14.4. The Balaban J connectivity index is 2.08. The van der Waals surface area contributed by atoms with Crippen molar-refractivity contribution in [1.82, 2.24) is 10.8 Å². The van der Waals surface area contributed by atoms with E-state index in [2.05, 4.69) is 10.8 Å². The quantitative estimate of drug-likeness (QED) is 0.475. The highest BCUT2D eigenvalue weighted by molar-refractivity contribution is 6.34. The van der Waals surface area contributed by atoms with Gasteiger partial charge in [0, 0.05) is 46.3 Å². The Morgan fingerprint density at radius 2 is 1.87 bits per heavy atom. The number of hydrogen-bond donors (Lipinski definition) is 2. The average Bonchev–Trinajstić information content (AvgIpc) is 3.12. The maximum atomic E-state index is 14.1. The van der Waals surface area contributed by atoms with Crippen molar-refractivity contribution >= 4 is 40.5 Å². The average molecular weight is 476 g/mol. The van der Waals surface area contributed by atoms with Crippen LogP contribution in [-0.4, -0.2) is 17.0 Å². The highest BCUT2D eigenvalue weighted by Gasteiger charge is 2.59. The Labute approximate surface area is 183 Å². The van der Waals surface area contributed by atoms with Crippen LogP contribution in [0.4, 0.5) is 18.9 Å². The lowest BCUT2D eigenvalue weighted by molar-refractivity contribution is -0.385. The van der Waals surface area contributed by atoms with Crippen LogP contribution >= 0.6 is 23.2 Å². The molecule has 31 heavy (non-hydrogen) atoms. The van der Waals surface area contributed by atoms with E-state index in [4.69, 9.17) is 28.0 Å². The standard InChI is InChI=1S/C19H14Cl2F3N3O4/c1-10(28)25-9-12-3-2-11(4-17(12)27(29)30)16-8-18(31-26-16,19(22,23)24)13-5-14(20)7-15(21)6-13/h2-8,26H,9H2,1H3,(H,25,28). The number of amides is 1. The molecule has 0 spiro atoms. The molecule has 1 aliphatic heterocycles. The van der Waals surface area contributed by atoms with Gasteiger partial charge in [0.1, 0.15) is 0 Å². The molecule has 2 aromatic carbocycles. The van der Waals surface area contributed by atoms with Crippen LogP contribution in [0.2, 0.25) is 10.0 Å². The van der Waals surface area contributed by atoms with Gasteiger partial charge in [-0.3, -0.25) is 25.2 Å². The monoisotopic (exact) mass is 475 g/mol. The molecule has 0 aromatic heterocycles. The molecule has 0 radical (unpaired) electrons. The molecule has 0 saturated carbocycles. The second kappa shape index (κ2) is 8.37. The summed E-state index contributed by atoms with van der Waals surface area (Å²) < 4.78 is 42.2. The molecule has 0 fully saturated rings. The minimum Gasteiger partial charge on any atom is -0.352 e. The van der Waals surface area contributed by atoms with Crippen LogP contribution in [0.25, 0.3) is 5.70 Å². The number of halogens is 5. The second-order valence-corrected chi connectivity index (χ2v) is 7.54. The SMILES string of the molecule is CC(=O)NCc1ccc(C2=CC(c3cc(Cl)cc(Cl)c3)(C(F)(F)F)ON2)cc1[N+](=O)[O-]. The van der Waals surface area contributed by atoms with Crippen LogP contribution in [0, 0.1) is 10.1 Å². The summed E-state index contributed by atoms with van der Waals surface area (Å²) in [5.41, 5.74) is -1.31. The topological polar surface area (TPSA) is 93.5 Å². The molecule has 12 heteroatoms. The van der Waals surface area contributed by atoms with Crippen molar-refractivity contribution in [2.24, 2.45) is 0 Å². The first-order valence-corrected chi connectivity index (χ1v) is 9.41. The van der Waals surface area contributed by atoms with E-state index in [1.54, 1.807) is 0 Å². The third kappa shape index (κ3) is 4.60. The largest absolute Gasteiger partial charge is 0.428 e. The maximum absolute atomic E-state index is 14.1. The molecule has 3 rings (SSSR count). The fourth-order valence-corrected chi connectivity index (χ4v) is 3.55. The van der Waals surface area contributed by atoms with Gasteiger partial charge in [-0.1, -0.05) is 29.3 Å². The summed E-state index contributed by atoms with van der Waals surface area (Å²) >= 11 is 11.7. The molecule has 0 saturated heterocycles. The van der Waals surface area contributed by atoms with Gasteiger partial charge in [-0.05, 0) is 30.3 Å². The lowest BCUT2D eigenvalue weighted by atomic mass is 9.91. The molecule has 0 bridgehead atoms. The molecular weight excluding hydrogens is 462 g/mol.